The van der Waals surface area contributed by atoms with Crippen LogP contribution in [-0.2, 0) is 0 Å². The lowest BCUT2D eigenvalue weighted by atomic mass is 10.1. The smallest absolute Gasteiger partial charge is 0.0572 e. The Morgan fingerprint density at radius 2 is 0.865 bits per heavy atom. The number of hydrogen-bond acceptors (Lipinski definition) is 3. The molecule has 246 valence electrons. The summed E-state index contributed by atoms with van der Waals surface area (Å²) in [5.74, 6) is 0. The van der Waals surface area contributed by atoms with Crippen molar-refractivity contribution in [2.24, 2.45) is 0 Å². The molecule has 0 saturated carbocycles. The fourth-order valence-electron chi connectivity index (χ4n) is 7.89. The fourth-order valence-corrected chi connectivity index (χ4v) is 7.89. The quantitative estimate of drug-likeness (QED) is 0.177. The molecule has 0 aliphatic carbocycles. The number of pyridine rings is 2. The maximum atomic E-state index is 4.70. The van der Waals surface area contributed by atoms with E-state index >= 15 is 0 Å². The molecule has 0 radical (unpaired) electrons. The number of nitrogens with zero attached hydrogens (tertiary/aromatic N) is 5. The van der Waals surface area contributed by atoms with Gasteiger partial charge in [0.15, 0.2) is 0 Å². The molecule has 0 aliphatic heterocycles. The average molecular weight is 668 g/mol. The van der Waals surface area contributed by atoms with Crippen LogP contribution in [-0.4, -0.2) is 19.1 Å². The van der Waals surface area contributed by atoms with Gasteiger partial charge in [-0.3, -0.25) is 9.97 Å². The third-order valence-corrected chi connectivity index (χ3v) is 10.1. The largest absolute Gasteiger partial charge is 0.310 e. The second-order valence-electron chi connectivity index (χ2n) is 13.2. The highest BCUT2D eigenvalue weighted by Gasteiger charge is 2.21. The lowest BCUT2D eigenvalue weighted by Crippen LogP contribution is -2.09. The third kappa shape index (κ3) is 4.71. The summed E-state index contributed by atoms with van der Waals surface area (Å²) < 4.78 is 4.75. The number of para-hydroxylation sites is 4. The lowest BCUT2D eigenvalue weighted by molar-refractivity contribution is 1.13. The molecule has 0 atom stereocenters. The minimum Gasteiger partial charge on any atom is -0.310 e. The molecule has 0 amide bonds. The van der Waals surface area contributed by atoms with Gasteiger partial charge in [-0.1, -0.05) is 84.4 Å². The van der Waals surface area contributed by atoms with Gasteiger partial charge in [0.2, 0.25) is 0 Å². The highest BCUT2D eigenvalue weighted by molar-refractivity contribution is 6.12. The maximum absolute atomic E-state index is 4.70. The van der Waals surface area contributed by atoms with Gasteiger partial charge in [-0.15, -0.1) is 0 Å². The highest BCUT2D eigenvalue weighted by Crippen LogP contribution is 2.42. The van der Waals surface area contributed by atoms with Crippen LogP contribution < -0.4 is 4.90 Å². The molecule has 0 unspecified atom stereocenters. The van der Waals surface area contributed by atoms with Gasteiger partial charge in [0.1, 0.15) is 0 Å². The van der Waals surface area contributed by atoms with Crippen LogP contribution in [0.25, 0.3) is 66.1 Å². The van der Waals surface area contributed by atoms with E-state index in [0.717, 1.165) is 61.6 Å². The van der Waals surface area contributed by atoms with E-state index in [1.165, 1.54) is 27.1 Å². The summed E-state index contributed by atoms with van der Waals surface area (Å²) in [6, 6.07) is 56.2. The molecule has 10 aromatic rings. The summed E-state index contributed by atoms with van der Waals surface area (Å²) >= 11 is 0. The summed E-state index contributed by atoms with van der Waals surface area (Å²) in [7, 11) is 0. The van der Waals surface area contributed by atoms with Gasteiger partial charge in [0.25, 0.3) is 0 Å². The zero-order chi connectivity index (χ0) is 34.6. The summed E-state index contributed by atoms with van der Waals surface area (Å²) in [5.41, 5.74) is 13.2. The molecular weight excluding hydrogens is 635 g/mol. The molecule has 10 rings (SSSR count). The average Bonchev–Trinajstić information content (AvgIpc) is 3.71. The Labute approximate surface area is 301 Å². The molecule has 0 N–H and O–H groups in total. The van der Waals surface area contributed by atoms with Crippen LogP contribution in [0.4, 0.5) is 17.1 Å². The van der Waals surface area contributed by atoms with Crippen molar-refractivity contribution in [3.8, 4) is 22.5 Å². The van der Waals surface area contributed by atoms with Gasteiger partial charge in [0.05, 0.1) is 33.4 Å². The Balaban J connectivity index is 1.21. The number of aryl methyl sites for hydroxylation is 1. The van der Waals surface area contributed by atoms with Crippen LogP contribution in [0.15, 0.2) is 183 Å². The Hall–Kier alpha value is -6.98. The Kier molecular flexibility index (Phi) is 6.96. The van der Waals surface area contributed by atoms with E-state index in [2.05, 4.69) is 184 Å². The number of rotatable bonds is 6. The van der Waals surface area contributed by atoms with Crippen LogP contribution in [0.2, 0.25) is 0 Å². The zero-order valence-electron chi connectivity index (χ0n) is 28.6. The molecule has 0 aliphatic rings. The van der Waals surface area contributed by atoms with Gasteiger partial charge < -0.3 is 14.0 Å². The number of anilines is 3. The van der Waals surface area contributed by atoms with Crippen molar-refractivity contribution in [1.29, 1.82) is 0 Å². The molecule has 0 spiro atoms. The molecule has 4 heterocycles. The van der Waals surface area contributed by atoms with Crippen molar-refractivity contribution in [1.82, 2.24) is 19.1 Å². The van der Waals surface area contributed by atoms with Crippen LogP contribution in [0.1, 0.15) is 5.56 Å². The lowest BCUT2D eigenvalue weighted by Gasteiger charge is -2.25. The van der Waals surface area contributed by atoms with Gasteiger partial charge in [0, 0.05) is 74.5 Å². The minimum absolute atomic E-state index is 1.01. The molecule has 5 heteroatoms. The zero-order valence-corrected chi connectivity index (χ0v) is 28.6. The standard InChI is InChI=1S/C47H33N5/c1-32-20-22-44-38(28-32)36-16-8-10-18-42(36)51(44)46-24-26-48-30-40(46)41-31-49-27-25-47(41)52-43-19-11-9-17-37(43)39-29-35(21-23-45(39)52)50(33-12-4-2-5-13-33)34-14-6-3-7-15-34/h2-31H,1H3. The fraction of sp³-hybridized carbons (Fsp3) is 0.0213. The normalized spacial score (nSPS) is 11.6. The Morgan fingerprint density at radius 3 is 1.42 bits per heavy atom. The molecular formula is C47H33N5. The maximum Gasteiger partial charge on any atom is 0.0572 e. The van der Waals surface area contributed by atoms with Gasteiger partial charge in [-0.25, -0.2) is 0 Å². The van der Waals surface area contributed by atoms with Crippen molar-refractivity contribution < 1.29 is 0 Å². The van der Waals surface area contributed by atoms with Crippen molar-refractivity contribution in [2.45, 2.75) is 6.92 Å². The SMILES string of the molecule is Cc1ccc2c(c1)c1ccccc1n2-c1ccncc1-c1cnccc1-n1c2ccccc2c2cc(N(c3ccccc3)c3ccccc3)ccc21. The van der Waals surface area contributed by atoms with E-state index < -0.39 is 0 Å². The van der Waals surface area contributed by atoms with Crippen molar-refractivity contribution >= 4 is 60.7 Å². The van der Waals surface area contributed by atoms with Gasteiger partial charge >= 0.3 is 0 Å². The first-order chi connectivity index (χ1) is 25.7. The van der Waals surface area contributed by atoms with Gasteiger partial charge in [-0.2, -0.15) is 0 Å². The summed E-state index contributed by atoms with van der Waals surface area (Å²) in [6.07, 6.45) is 7.74. The number of aromatic nitrogens is 4. The third-order valence-electron chi connectivity index (χ3n) is 10.1. The number of fused-ring (bicyclic) bond motifs is 6. The van der Waals surface area contributed by atoms with Gasteiger partial charge in [-0.05, 0) is 85.8 Å². The first-order valence-corrected chi connectivity index (χ1v) is 17.6. The van der Waals surface area contributed by atoms with Crippen LogP contribution in [0.3, 0.4) is 0 Å². The van der Waals surface area contributed by atoms with Crippen LogP contribution >= 0.6 is 0 Å². The van der Waals surface area contributed by atoms with E-state index in [1.807, 2.05) is 24.8 Å². The first kappa shape index (κ1) is 29.9. The molecule has 4 aromatic heterocycles. The van der Waals surface area contributed by atoms with Crippen molar-refractivity contribution in [3.63, 3.8) is 0 Å². The van der Waals surface area contributed by atoms with E-state index in [9.17, 15) is 0 Å². The molecule has 6 aromatic carbocycles. The number of benzene rings is 6. The minimum atomic E-state index is 1.01. The first-order valence-electron chi connectivity index (χ1n) is 17.6. The van der Waals surface area contributed by atoms with Crippen LogP contribution in [0, 0.1) is 6.92 Å². The molecule has 52 heavy (non-hydrogen) atoms. The van der Waals surface area contributed by atoms with E-state index in [4.69, 9.17) is 4.98 Å². The Bertz CT molecular complexity index is 2880. The molecule has 0 fully saturated rings. The summed E-state index contributed by atoms with van der Waals surface area (Å²) in [5, 5.41) is 4.83. The molecule has 0 saturated heterocycles. The van der Waals surface area contributed by atoms with E-state index in [1.54, 1.807) is 0 Å². The van der Waals surface area contributed by atoms with Crippen molar-refractivity contribution in [2.75, 3.05) is 4.90 Å². The molecule has 5 nitrogen and oxygen atoms in total. The van der Waals surface area contributed by atoms with Crippen molar-refractivity contribution in [3.05, 3.63) is 188 Å². The highest BCUT2D eigenvalue weighted by atomic mass is 15.1. The molecule has 0 bridgehead atoms. The van der Waals surface area contributed by atoms with Crippen LogP contribution in [0.5, 0.6) is 0 Å². The van der Waals surface area contributed by atoms with E-state index in [0.29, 0.717) is 0 Å². The second kappa shape index (κ2) is 12.1. The number of hydrogen-bond donors (Lipinski definition) is 0. The van der Waals surface area contributed by atoms with E-state index in [-0.39, 0.29) is 0 Å². The topological polar surface area (TPSA) is 38.9 Å². The Morgan fingerprint density at radius 1 is 0.404 bits per heavy atom. The predicted octanol–water partition coefficient (Wildman–Crippen LogP) is 12.1. The summed E-state index contributed by atoms with van der Waals surface area (Å²) in [4.78, 5) is 11.7. The predicted molar refractivity (Wildman–Crippen MR) is 216 cm³/mol. The monoisotopic (exact) mass is 667 g/mol. The summed E-state index contributed by atoms with van der Waals surface area (Å²) in [6.45, 7) is 2.15. The second-order valence-corrected chi connectivity index (χ2v) is 13.2.